The van der Waals surface area contributed by atoms with Crippen molar-refractivity contribution >= 4 is 5.97 Å². The molecule has 0 bridgehead atoms. The van der Waals surface area contributed by atoms with Crippen LogP contribution in [-0.4, -0.2) is 13.1 Å². The summed E-state index contributed by atoms with van der Waals surface area (Å²) in [6, 6.07) is 0. The third-order valence-electron chi connectivity index (χ3n) is 2.87. The monoisotopic (exact) mass is 200 g/mol. The summed E-state index contributed by atoms with van der Waals surface area (Å²) < 4.78 is 4.78. The second-order valence-corrected chi connectivity index (χ2v) is 4.00. The third-order valence-corrected chi connectivity index (χ3v) is 2.87. The standard InChI is InChI=1S/C12H24O2/c1-5-7-9-11(8-6-2)10(3)12(13)14-4/h10-11H,5-9H2,1-4H3. The Hall–Kier alpha value is -0.530. The van der Waals surface area contributed by atoms with Crippen molar-refractivity contribution in [1.29, 1.82) is 0 Å². The van der Waals surface area contributed by atoms with E-state index in [0.717, 1.165) is 19.3 Å². The van der Waals surface area contributed by atoms with E-state index in [4.69, 9.17) is 4.74 Å². The van der Waals surface area contributed by atoms with Crippen molar-refractivity contribution in [2.45, 2.75) is 52.9 Å². The summed E-state index contributed by atoms with van der Waals surface area (Å²) in [5, 5.41) is 0. The second kappa shape index (κ2) is 7.84. The van der Waals surface area contributed by atoms with Gasteiger partial charge in [-0.3, -0.25) is 4.79 Å². The van der Waals surface area contributed by atoms with E-state index in [1.54, 1.807) is 0 Å². The van der Waals surface area contributed by atoms with E-state index in [9.17, 15) is 4.79 Å². The average Bonchev–Trinajstić information content (AvgIpc) is 2.22. The van der Waals surface area contributed by atoms with Gasteiger partial charge in [-0.1, -0.05) is 40.0 Å². The molecule has 0 aliphatic heterocycles. The first-order chi connectivity index (χ1) is 6.67. The summed E-state index contributed by atoms with van der Waals surface area (Å²) in [5.41, 5.74) is 0. The fraction of sp³-hybridized carbons (Fsp3) is 0.917. The predicted octanol–water partition coefficient (Wildman–Crippen LogP) is 3.40. The van der Waals surface area contributed by atoms with Crippen molar-refractivity contribution in [2.75, 3.05) is 7.11 Å². The maximum absolute atomic E-state index is 11.4. The van der Waals surface area contributed by atoms with E-state index in [0.29, 0.717) is 5.92 Å². The quantitative estimate of drug-likeness (QED) is 0.589. The summed E-state index contributed by atoms with van der Waals surface area (Å²) >= 11 is 0. The SMILES string of the molecule is CCCCC(CCC)C(C)C(=O)OC. The van der Waals surface area contributed by atoms with Crippen molar-refractivity contribution < 1.29 is 9.53 Å². The zero-order valence-electron chi connectivity index (χ0n) is 10.0. The lowest BCUT2D eigenvalue weighted by Crippen LogP contribution is -2.22. The van der Waals surface area contributed by atoms with Crippen LogP contribution in [0.3, 0.4) is 0 Å². The number of carbonyl (C=O) groups excluding carboxylic acids is 1. The molecule has 0 N–H and O–H groups in total. The fourth-order valence-corrected chi connectivity index (χ4v) is 1.86. The minimum absolute atomic E-state index is 0.0560. The number of rotatable bonds is 7. The highest BCUT2D eigenvalue weighted by Gasteiger charge is 2.23. The highest BCUT2D eigenvalue weighted by molar-refractivity contribution is 5.72. The van der Waals surface area contributed by atoms with Crippen molar-refractivity contribution in [3.8, 4) is 0 Å². The highest BCUT2D eigenvalue weighted by atomic mass is 16.5. The Balaban J connectivity index is 4.09. The molecule has 2 unspecified atom stereocenters. The topological polar surface area (TPSA) is 26.3 Å². The Bertz CT molecular complexity index is 154. The van der Waals surface area contributed by atoms with Gasteiger partial charge in [-0.25, -0.2) is 0 Å². The Morgan fingerprint density at radius 3 is 2.29 bits per heavy atom. The Labute approximate surface area is 88.0 Å². The van der Waals surface area contributed by atoms with Gasteiger partial charge in [0, 0.05) is 0 Å². The first kappa shape index (κ1) is 13.5. The number of esters is 1. The van der Waals surface area contributed by atoms with Crippen molar-refractivity contribution in [1.82, 2.24) is 0 Å². The summed E-state index contributed by atoms with van der Waals surface area (Å²) in [7, 11) is 1.47. The van der Waals surface area contributed by atoms with Crippen molar-refractivity contribution in [3.63, 3.8) is 0 Å². The zero-order valence-corrected chi connectivity index (χ0v) is 10.0. The molecule has 0 radical (unpaired) electrons. The molecular formula is C12H24O2. The minimum Gasteiger partial charge on any atom is -0.469 e. The third kappa shape index (κ3) is 4.64. The normalized spacial score (nSPS) is 14.9. The highest BCUT2D eigenvalue weighted by Crippen LogP contribution is 2.24. The van der Waals surface area contributed by atoms with E-state index < -0.39 is 0 Å². The van der Waals surface area contributed by atoms with Crippen LogP contribution in [0.15, 0.2) is 0 Å². The van der Waals surface area contributed by atoms with Crippen LogP contribution in [0.1, 0.15) is 52.9 Å². The molecule has 0 saturated carbocycles. The summed E-state index contributed by atoms with van der Waals surface area (Å²) in [5.74, 6) is 0.512. The predicted molar refractivity (Wildman–Crippen MR) is 59.1 cm³/mol. The van der Waals surface area contributed by atoms with Crippen LogP contribution in [0.25, 0.3) is 0 Å². The lowest BCUT2D eigenvalue weighted by molar-refractivity contribution is -0.146. The molecule has 0 saturated heterocycles. The van der Waals surface area contributed by atoms with Crippen LogP contribution in [0.2, 0.25) is 0 Å². The Kier molecular flexibility index (Phi) is 7.54. The molecular weight excluding hydrogens is 176 g/mol. The maximum Gasteiger partial charge on any atom is 0.308 e. The minimum atomic E-state index is -0.0560. The summed E-state index contributed by atoms with van der Waals surface area (Å²) in [4.78, 5) is 11.4. The molecule has 0 heterocycles. The van der Waals surface area contributed by atoms with Gasteiger partial charge in [0.05, 0.1) is 13.0 Å². The summed E-state index contributed by atoms with van der Waals surface area (Å²) in [6.45, 7) is 6.34. The molecule has 0 aromatic carbocycles. The van der Waals surface area contributed by atoms with E-state index in [1.165, 1.54) is 20.0 Å². The molecule has 2 heteroatoms. The van der Waals surface area contributed by atoms with Gasteiger partial charge in [0.25, 0.3) is 0 Å². The molecule has 14 heavy (non-hydrogen) atoms. The number of methoxy groups -OCH3 is 1. The van der Waals surface area contributed by atoms with Gasteiger partial charge < -0.3 is 4.74 Å². The van der Waals surface area contributed by atoms with Gasteiger partial charge in [0.15, 0.2) is 0 Å². The van der Waals surface area contributed by atoms with Crippen molar-refractivity contribution in [3.05, 3.63) is 0 Å². The smallest absolute Gasteiger partial charge is 0.308 e. The summed E-state index contributed by atoms with van der Waals surface area (Å²) in [6.07, 6.45) is 5.85. The average molecular weight is 200 g/mol. The molecule has 0 aliphatic carbocycles. The molecule has 0 spiro atoms. The Morgan fingerprint density at radius 2 is 1.86 bits per heavy atom. The molecule has 0 aliphatic rings. The molecule has 84 valence electrons. The molecule has 0 rings (SSSR count). The number of ether oxygens (including phenoxy) is 1. The van der Waals surface area contributed by atoms with Gasteiger partial charge >= 0.3 is 5.97 Å². The van der Waals surface area contributed by atoms with Crippen LogP contribution in [0, 0.1) is 11.8 Å². The Morgan fingerprint density at radius 1 is 1.21 bits per heavy atom. The molecule has 0 amide bonds. The first-order valence-corrected chi connectivity index (χ1v) is 5.75. The van der Waals surface area contributed by atoms with Gasteiger partial charge in [0.1, 0.15) is 0 Å². The largest absolute Gasteiger partial charge is 0.469 e. The second-order valence-electron chi connectivity index (χ2n) is 4.00. The fourth-order valence-electron chi connectivity index (χ4n) is 1.86. The van der Waals surface area contributed by atoms with Gasteiger partial charge in [-0.05, 0) is 18.8 Å². The molecule has 2 nitrogen and oxygen atoms in total. The first-order valence-electron chi connectivity index (χ1n) is 5.75. The molecule has 0 aromatic heterocycles. The molecule has 0 fully saturated rings. The van der Waals surface area contributed by atoms with E-state index in [2.05, 4.69) is 13.8 Å². The van der Waals surface area contributed by atoms with Crippen molar-refractivity contribution in [2.24, 2.45) is 11.8 Å². The lowest BCUT2D eigenvalue weighted by Gasteiger charge is -2.21. The lowest BCUT2D eigenvalue weighted by atomic mass is 9.86. The van der Waals surface area contributed by atoms with Gasteiger partial charge in [-0.15, -0.1) is 0 Å². The van der Waals surface area contributed by atoms with E-state index in [1.807, 2.05) is 6.92 Å². The van der Waals surface area contributed by atoms with Crippen LogP contribution in [0.4, 0.5) is 0 Å². The van der Waals surface area contributed by atoms with E-state index >= 15 is 0 Å². The van der Waals surface area contributed by atoms with E-state index in [-0.39, 0.29) is 11.9 Å². The van der Waals surface area contributed by atoms with Gasteiger partial charge in [-0.2, -0.15) is 0 Å². The molecule has 0 aromatic rings. The number of hydrogen-bond acceptors (Lipinski definition) is 2. The van der Waals surface area contributed by atoms with Crippen LogP contribution in [0.5, 0.6) is 0 Å². The molecule has 2 atom stereocenters. The zero-order chi connectivity index (χ0) is 11.0. The van der Waals surface area contributed by atoms with Crippen LogP contribution in [-0.2, 0) is 9.53 Å². The van der Waals surface area contributed by atoms with Gasteiger partial charge in [0.2, 0.25) is 0 Å². The number of hydrogen-bond donors (Lipinski definition) is 0. The maximum atomic E-state index is 11.4. The van der Waals surface area contributed by atoms with Crippen LogP contribution >= 0.6 is 0 Å². The van der Waals surface area contributed by atoms with Crippen LogP contribution < -0.4 is 0 Å². The number of unbranched alkanes of at least 4 members (excludes halogenated alkanes) is 1. The number of carbonyl (C=O) groups is 1.